The van der Waals surface area contributed by atoms with E-state index in [-0.39, 0.29) is 12.1 Å². The summed E-state index contributed by atoms with van der Waals surface area (Å²) in [6, 6.07) is 11.5. The van der Waals surface area contributed by atoms with Crippen molar-refractivity contribution in [1.29, 1.82) is 0 Å². The SMILES string of the molecule is COCCO[C@@H]1CCN(Cc2c(OC)cc(C)c3[nH]ccc23)[C@H](c2ccc(C(=O)O)cc2)C1. The maximum absolute atomic E-state index is 11.3. The van der Waals surface area contributed by atoms with Gasteiger partial charge in [-0.15, -0.1) is 0 Å². The van der Waals surface area contributed by atoms with Crippen molar-refractivity contribution in [2.24, 2.45) is 0 Å². The minimum absolute atomic E-state index is 0.106. The van der Waals surface area contributed by atoms with E-state index in [1.807, 2.05) is 18.3 Å². The van der Waals surface area contributed by atoms with Crippen molar-refractivity contribution in [3.63, 3.8) is 0 Å². The molecule has 0 bridgehead atoms. The van der Waals surface area contributed by atoms with Gasteiger partial charge in [-0.1, -0.05) is 12.1 Å². The van der Waals surface area contributed by atoms with Crippen LogP contribution in [0, 0.1) is 6.92 Å². The molecule has 0 radical (unpaired) electrons. The van der Waals surface area contributed by atoms with Crippen LogP contribution in [0.1, 0.15) is 45.9 Å². The van der Waals surface area contributed by atoms with Crippen LogP contribution in [0.3, 0.4) is 0 Å². The fourth-order valence-electron chi connectivity index (χ4n) is 4.80. The highest BCUT2D eigenvalue weighted by atomic mass is 16.5. The Kier molecular flexibility index (Phi) is 7.33. The summed E-state index contributed by atoms with van der Waals surface area (Å²) in [6.45, 7) is 4.83. The van der Waals surface area contributed by atoms with E-state index >= 15 is 0 Å². The fourth-order valence-corrected chi connectivity index (χ4v) is 4.80. The zero-order valence-corrected chi connectivity index (χ0v) is 19.5. The lowest BCUT2D eigenvalue weighted by atomic mass is 9.91. The molecule has 0 amide bonds. The lowest BCUT2D eigenvalue weighted by Gasteiger charge is -2.40. The van der Waals surface area contributed by atoms with Gasteiger partial charge in [0, 0.05) is 48.9 Å². The number of likely N-dealkylation sites (tertiary alicyclic amines) is 1. The molecule has 7 nitrogen and oxygen atoms in total. The van der Waals surface area contributed by atoms with Crippen LogP contribution in [0.15, 0.2) is 42.6 Å². The van der Waals surface area contributed by atoms with Crippen LogP contribution in [0.4, 0.5) is 0 Å². The summed E-state index contributed by atoms with van der Waals surface area (Å²) in [5, 5.41) is 10.5. The number of aromatic amines is 1. The Morgan fingerprint density at radius 2 is 1.97 bits per heavy atom. The molecule has 0 unspecified atom stereocenters. The van der Waals surface area contributed by atoms with Crippen LogP contribution in [0.2, 0.25) is 0 Å². The first kappa shape index (κ1) is 23.3. The molecule has 33 heavy (non-hydrogen) atoms. The molecular formula is C26H32N2O5. The number of nitrogens with one attached hydrogen (secondary N) is 1. The van der Waals surface area contributed by atoms with Crippen molar-refractivity contribution in [2.45, 2.75) is 38.5 Å². The Labute approximate surface area is 194 Å². The minimum Gasteiger partial charge on any atom is -0.496 e. The zero-order valence-electron chi connectivity index (χ0n) is 19.5. The molecule has 2 heterocycles. The Morgan fingerprint density at radius 3 is 2.67 bits per heavy atom. The first-order valence-corrected chi connectivity index (χ1v) is 11.3. The molecule has 3 aromatic rings. The molecule has 1 fully saturated rings. The number of carboxylic acids is 1. The van der Waals surface area contributed by atoms with Gasteiger partial charge in [-0.3, -0.25) is 4.90 Å². The van der Waals surface area contributed by atoms with Gasteiger partial charge >= 0.3 is 5.97 Å². The summed E-state index contributed by atoms with van der Waals surface area (Å²) in [5.74, 6) is -0.0277. The molecule has 0 aliphatic carbocycles. The number of piperidine rings is 1. The van der Waals surface area contributed by atoms with Gasteiger partial charge in [-0.05, 0) is 55.2 Å². The lowest BCUT2D eigenvalue weighted by Crippen LogP contribution is -2.39. The predicted molar refractivity (Wildman–Crippen MR) is 127 cm³/mol. The van der Waals surface area contributed by atoms with Crippen molar-refractivity contribution < 1.29 is 24.1 Å². The largest absolute Gasteiger partial charge is 0.496 e. The number of nitrogens with zero attached hydrogens (tertiary/aromatic N) is 1. The fraction of sp³-hybridized carbons (Fsp3) is 0.423. The first-order chi connectivity index (χ1) is 16.0. The summed E-state index contributed by atoms with van der Waals surface area (Å²) >= 11 is 0. The molecule has 1 aliphatic heterocycles. The molecule has 1 aromatic heterocycles. The highest BCUT2D eigenvalue weighted by Gasteiger charge is 2.31. The van der Waals surface area contributed by atoms with Crippen LogP contribution in [-0.2, 0) is 16.0 Å². The smallest absolute Gasteiger partial charge is 0.335 e. The highest BCUT2D eigenvalue weighted by Crippen LogP contribution is 2.37. The maximum Gasteiger partial charge on any atom is 0.335 e. The van der Waals surface area contributed by atoms with Crippen molar-refractivity contribution in [1.82, 2.24) is 9.88 Å². The molecule has 2 atom stereocenters. The van der Waals surface area contributed by atoms with Gasteiger partial charge in [-0.25, -0.2) is 4.79 Å². The number of benzene rings is 2. The van der Waals surface area contributed by atoms with E-state index in [1.54, 1.807) is 26.4 Å². The number of methoxy groups -OCH3 is 2. The molecule has 2 N–H and O–H groups in total. The van der Waals surface area contributed by atoms with Gasteiger partial charge in [-0.2, -0.15) is 0 Å². The standard InChI is InChI=1S/C26H32N2O5/c1-17-14-24(32-3)22(21-8-10-27-25(17)21)16-28-11-9-20(33-13-12-31-2)15-23(28)18-4-6-19(7-5-18)26(29)30/h4-8,10,14,20,23,27H,9,11-13,15-16H2,1-3H3,(H,29,30)/t20-,23+/m1/s1. The third-order valence-electron chi connectivity index (χ3n) is 6.54. The van der Waals surface area contributed by atoms with Gasteiger partial charge in [0.1, 0.15) is 5.75 Å². The molecule has 1 aliphatic rings. The first-order valence-electron chi connectivity index (χ1n) is 11.3. The summed E-state index contributed by atoms with van der Waals surface area (Å²) in [4.78, 5) is 17.1. The lowest BCUT2D eigenvalue weighted by molar-refractivity contribution is -0.0349. The van der Waals surface area contributed by atoms with E-state index in [2.05, 4.69) is 28.9 Å². The third-order valence-corrected chi connectivity index (χ3v) is 6.54. The Hall–Kier alpha value is -2.87. The number of aromatic carboxylic acids is 1. The number of H-pyrrole nitrogens is 1. The van der Waals surface area contributed by atoms with E-state index in [9.17, 15) is 9.90 Å². The molecule has 176 valence electrons. The number of rotatable bonds is 9. The number of hydrogen-bond acceptors (Lipinski definition) is 5. The molecule has 2 aromatic carbocycles. The average molecular weight is 453 g/mol. The number of carbonyl (C=O) groups is 1. The minimum atomic E-state index is -0.915. The predicted octanol–water partition coefficient (Wildman–Crippen LogP) is 4.55. The second-order valence-electron chi connectivity index (χ2n) is 8.56. The van der Waals surface area contributed by atoms with E-state index in [1.165, 1.54) is 5.39 Å². The van der Waals surface area contributed by atoms with E-state index < -0.39 is 5.97 Å². The maximum atomic E-state index is 11.3. The van der Waals surface area contributed by atoms with Gasteiger partial charge in [0.15, 0.2) is 0 Å². The van der Waals surface area contributed by atoms with Gasteiger partial charge in [0.2, 0.25) is 0 Å². The summed E-state index contributed by atoms with van der Waals surface area (Å²) in [5.41, 5.74) is 4.83. The molecule has 0 spiro atoms. The molecule has 4 rings (SSSR count). The van der Waals surface area contributed by atoms with Gasteiger partial charge < -0.3 is 24.3 Å². The number of ether oxygens (including phenoxy) is 3. The van der Waals surface area contributed by atoms with E-state index in [0.717, 1.165) is 53.9 Å². The normalized spacial score (nSPS) is 19.1. The van der Waals surface area contributed by atoms with Crippen LogP contribution in [0.25, 0.3) is 10.9 Å². The molecule has 0 saturated carbocycles. The van der Waals surface area contributed by atoms with Crippen molar-refractivity contribution >= 4 is 16.9 Å². The van der Waals surface area contributed by atoms with Crippen LogP contribution < -0.4 is 4.74 Å². The van der Waals surface area contributed by atoms with Gasteiger partial charge in [0.25, 0.3) is 0 Å². The number of aryl methyl sites for hydroxylation is 1. The highest BCUT2D eigenvalue weighted by molar-refractivity contribution is 5.88. The second kappa shape index (κ2) is 10.4. The number of carboxylic acid groups (broad SMARTS) is 1. The Morgan fingerprint density at radius 1 is 1.18 bits per heavy atom. The van der Waals surface area contributed by atoms with Crippen molar-refractivity contribution in [3.05, 3.63) is 64.8 Å². The molecule has 7 heteroatoms. The van der Waals surface area contributed by atoms with Crippen LogP contribution in [0.5, 0.6) is 5.75 Å². The van der Waals surface area contributed by atoms with Crippen LogP contribution in [-0.4, -0.2) is 61.0 Å². The topological polar surface area (TPSA) is 84.0 Å². The quantitative estimate of drug-likeness (QED) is 0.464. The number of fused-ring (bicyclic) bond motifs is 1. The molecule has 1 saturated heterocycles. The summed E-state index contributed by atoms with van der Waals surface area (Å²) < 4.78 is 17.0. The second-order valence-corrected chi connectivity index (χ2v) is 8.56. The summed E-state index contributed by atoms with van der Waals surface area (Å²) in [6.07, 6.45) is 3.87. The zero-order chi connectivity index (χ0) is 23.4. The van der Waals surface area contributed by atoms with Crippen molar-refractivity contribution in [2.75, 3.05) is 34.0 Å². The number of aromatic nitrogens is 1. The molecular weight excluding hydrogens is 420 g/mol. The number of hydrogen-bond donors (Lipinski definition) is 2. The van der Waals surface area contributed by atoms with Gasteiger partial charge in [0.05, 0.1) is 32.0 Å². The average Bonchev–Trinajstić information content (AvgIpc) is 3.32. The van der Waals surface area contributed by atoms with E-state index in [4.69, 9.17) is 14.2 Å². The van der Waals surface area contributed by atoms with Crippen molar-refractivity contribution in [3.8, 4) is 5.75 Å². The van der Waals surface area contributed by atoms with Crippen LogP contribution >= 0.6 is 0 Å². The third kappa shape index (κ3) is 5.05. The Balaban J connectivity index is 1.64. The summed E-state index contributed by atoms with van der Waals surface area (Å²) in [7, 11) is 3.39. The monoisotopic (exact) mass is 452 g/mol. The Bertz CT molecular complexity index is 1090. The van der Waals surface area contributed by atoms with E-state index in [0.29, 0.717) is 18.8 Å².